The molecule has 5 nitrogen and oxygen atoms in total. The summed E-state index contributed by atoms with van der Waals surface area (Å²) in [6.45, 7) is 6.52. The molecule has 0 aliphatic carbocycles. The van der Waals surface area contributed by atoms with Gasteiger partial charge in [-0.05, 0) is 25.6 Å². The maximum absolute atomic E-state index is 5.98. The summed E-state index contributed by atoms with van der Waals surface area (Å²) in [5, 5.41) is 0. The van der Waals surface area contributed by atoms with Crippen LogP contribution in [0.5, 0.6) is 5.75 Å². The fourth-order valence-electron chi connectivity index (χ4n) is 2.74. The first-order valence-electron chi connectivity index (χ1n) is 7.95. The first kappa shape index (κ1) is 15.1. The van der Waals surface area contributed by atoms with Crippen LogP contribution in [0.4, 0.5) is 0 Å². The number of imidazole rings is 1. The first-order valence-corrected chi connectivity index (χ1v) is 7.95. The number of nitrogens with one attached hydrogen (secondary N) is 1. The van der Waals surface area contributed by atoms with Gasteiger partial charge >= 0.3 is 0 Å². The highest BCUT2D eigenvalue weighted by Gasteiger charge is 2.13. The molecule has 5 heteroatoms. The van der Waals surface area contributed by atoms with Crippen LogP contribution >= 0.6 is 0 Å². The van der Waals surface area contributed by atoms with Gasteiger partial charge in [0.15, 0.2) is 0 Å². The molecule has 1 aliphatic heterocycles. The van der Waals surface area contributed by atoms with Crippen molar-refractivity contribution in [1.82, 2.24) is 19.8 Å². The molecule has 1 fully saturated rings. The number of H-pyrrole nitrogens is 1. The van der Waals surface area contributed by atoms with Gasteiger partial charge in [-0.25, -0.2) is 4.98 Å². The second kappa shape index (κ2) is 7.42. The molecule has 0 saturated carbocycles. The van der Waals surface area contributed by atoms with Gasteiger partial charge in [0.25, 0.3) is 0 Å². The Hall–Kier alpha value is -1.85. The van der Waals surface area contributed by atoms with Gasteiger partial charge in [0.2, 0.25) is 0 Å². The molecule has 0 amide bonds. The number of benzene rings is 1. The third-order valence-corrected chi connectivity index (χ3v) is 4.11. The molecule has 1 aromatic heterocycles. The number of hydrogen-bond donors (Lipinski definition) is 1. The van der Waals surface area contributed by atoms with Crippen LogP contribution in [0, 0.1) is 0 Å². The van der Waals surface area contributed by atoms with Crippen molar-refractivity contribution in [1.29, 1.82) is 0 Å². The molecule has 118 valence electrons. The molecule has 0 bridgehead atoms. The van der Waals surface area contributed by atoms with Gasteiger partial charge in [-0.2, -0.15) is 0 Å². The van der Waals surface area contributed by atoms with Gasteiger partial charge in [0, 0.05) is 45.1 Å². The van der Waals surface area contributed by atoms with Crippen molar-refractivity contribution in [3.63, 3.8) is 0 Å². The Kier molecular flexibility index (Phi) is 5.08. The lowest BCUT2D eigenvalue weighted by atomic mass is 10.2. The van der Waals surface area contributed by atoms with Crippen LogP contribution in [-0.4, -0.2) is 66.1 Å². The minimum Gasteiger partial charge on any atom is -0.493 e. The number of hydrogen-bond acceptors (Lipinski definition) is 4. The lowest BCUT2D eigenvalue weighted by Crippen LogP contribution is -2.44. The molecule has 2 heterocycles. The molecule has 1 aromatic carbocycles. The summed E-state index contributed by atoms with van der Waals surface area (Å²) in [5.74, 6) is 1.76. The average molecular weight is 300 g/mol. The van der Waals surface area contributed by atoms with E-state index >= 15 is 0 Å². The maximum atomic E-state index is 5.98. The predicted molar refractivity (Wildman–Crippen MR) is 88.1 cm³/mol. The van der Waals surface area contributed by atoms with E-state index in [1.54, 1.807) is 6.20 Å². The third-order valence-electron chi connectivity index (χ3n) is 4.11. The van der Waals surface area contributed by atoms with Gasteiger partial charge < -0.3 is 19.5 Å². The van der Waals surface area contributed by atoms with Gasteiger partial charge in [0.1, 0.15) is 11.6 Å². The first-order chi connectivity index (χ1) is 10.8. The summed E-state index contributed by atoms with van der Waals surface area (Å²) in [4.78, 5) is 12.3. The normalized spacial score (nSPS) is 16.8. The standard InChI is InChI=1S/C17H24N4O/c1-20-10-12-21(13-11-20)9-4-14-22-16-6-3-2-5-15(16)17-18-7-8-19-17/h2-3,5-8H,4,9-14H2,1H3,(H,18,19). The van der Waals surface area contributed by atoms with Crippen molar-refractivity contribution < 1.29 is 4.74 Å². The van der Waals surface area contributed by atoms with Gasteiger partial charge in [-0.1, -0.05) is 12.1 Å². The van der Waals surface area contributed by atoms with Crippen molar-refractivity contribution in [3.8, 4) is 17.1 Å². The summed E-state index contributed by atoms with van der Waals surface area (Å²) in [7, 11) is 2.19. The molecular weight excluding hydrogens is 276 g/mol. The van der Waals surface area contributed by atoms with Crippen LogP contribution in [0.2, 0.25) is 0 Å². The number of rotatable bonds is 6. The number of ether oxygens (including phenoxy) is 1. The number of likely N-dealkylation sites (N-methyl/N-ethyl adjacent to an activating group) is 1. The SMILES string of the molecule is CN1CCN(CCCOc2ccccc2-c2ncc[nH]2)CC1. The van der Waals surface area contributed by atoms with E-state index < -0.39 is 0 Å². The number of piperazine rings is 1. The van der Waals surface area contributed by atoms with Crippen LogP contribution in [0.1, 0.15) is 6.42 Å². The Morgan fingerprint density at radius 1 is 1.18 bits per heavy atom. The minimum absolute atomic E-state index is 0.740. The third kappa shape index (κ3) is 3.87. The Bertz CT molecular complexity index is 562. The zero-order valence-corrected chi connectivity index (χ0v) is 13.2. The highest BCUT2D eigenvalue weighted by atomic mass is 16.5. The van der Waals surface area contributed by atoms with Crippen molar-refractivity contribution in [2.45, 2.75) is 6.42 Å². The highest BCUT2D eigenvalue weighted by Crippen LogP contribution is 2.26. The minimum atomic E-state index is 0.740. The second-order valence-corrected chi connectivity index (χ2v) is 5.78. The number of para-hydroxylation sites is 1. The molecule has 22 heavy (non-hydrogen) atoms. The Morgan fingerprint density at radius 3 is 2.77 bits per heavy atom. The van der Waals surface area contributed by atoms with Crippen LogP contribution < -0.4 is 4.74 Å². The highest BCUT2D eigenvalue weighted by molar-refractivity contribution is 5.63. The van der Waals surface area contributed by atoms with Crippen LogP contribution in [0.3, 0.4) is 0 Å². The summed E-state index contributed by atoms with van der Waals surface area (Å²) >= 11 is 0. The zero-order chi connectivity index (χ0) is 15.2. The van der Waals surface area contributed by atoms with E-state index in [9.17, 15) is 0 Å². The number of nitrogens with zero attached hydrogens (tertiary/aromatic N) is 3. The molecule has 0 spiro atoms. The van der Waals surface area contributed by atoms with Crippen LogP contribution in [0.25, 0.3) is 11.4 Å². The smallest absolute Gasteiger partial charge is 0.141 e. The summed E-state index contributed by atoms with van der Waals surface area (Å²) < 4.78 is 5.98. The van der Waals surface area contributed by atoms with Crippen molar-refractivity contribution in [2.24, 2.45) is 0 Å². The zero-order valence-electron chi connectivity index (χ0n) is 13.2. The van der Waals surface area contributed by atoms with E-state index in [1.165, 1.54) is 26.2 Å². The quantitative estimate of drug-likeness (QED) is 0.830. The molecular formula is C17H24N4O. The second-order valence-electron chi connectivity index (χ2n) is 5.78. The fourth-order valence-corrected chi connectivity index (χ4v) is 2.74. The van der Waals surface area contributed by atoms with E-state index in [4.69, 9.17) is 4.74 Å². The summed E-state index contributed by atoms with van der Waals surface area (Å²) in [5.41, 5.74) is 1.02. The van der Waals surface area contributed by atoms with Crippen molar-refractivity contribution in [2.75, 3.05) is 46.4 Å². The van der Waals surface area contributed by atoms with Gasteiger partial charge in [0.05, 0.1) is 12.2 Å². The van der Waals surface area contributed by atoms with E-state index in [2.05, 4.69) is 26.8 Å². The molecule has 0 radical (unpaired) electrons. The molecule has 0 unspecified atom stereocenters. The van der Waals surface area contributed by atoms with E-state index in [0.29, 0.717) is 0 Å². The molecule has 1 saturated heterocycles. The molecule has 1 N–H and O–H groups in total. The average Bonchev–Trinajstić information content (AvgIpc) is 3.08. The lowest BCUT2D eigenvalue weighted by Gasteiger charge is -2.32. The Morgan fingerprint density at radius 2 is 2.00 bits per heavy atom. The van der Waals surface area contributed by atoms with E-state index in [0.717, 1.165) is 36.7 Å². The van der Waals surface area contributed by atoms with E-state index in [-0.39, 0.29) is 0 Å². The number of aromatic nitrogens is 2. The topological polar surface area (TPSA) is 44.4 Å². The predicted octanol–water partition coefficient (Wildman–Crippen LogP) is 2.09. The summed E-state index contributed by atoms with van der Waals surface area (Å²) in [6, 6.07) is 8.06. The van der Waals surface area contributed by atoms with E-state index in [1.807, 2.05) is 30.5 Å². The maximum Gasteiger partial charge on any atom is 0.141 e. The number of aromatic amines is 1. The van der Waals surface area contributed by atoms with Crippen LogP contribution in [-0.2, 0) is 0 Å². The monoisotopic (exact) mass is 300 g/mol. The van der Waals surface area contributed by atoms with Gasteiger partial charge in [-0.3, -0.25) is 0 Å². The Balaban J connectivity index is 1.48. The molecule has 2 aromatic rings. The van der Waals surface area contributed by atoms with Crippen molar-refractivity contribution >= 4 is 0 Å². The fraction of sp³-hybridized carbons (Fsp3) is 0.471. The molecule has 1 aliphatic rings. The molecule has 3 rings (SSSR count). The Labute approximate surface area is 131 Å². The van der Waals surface area contributed by atoms with Gasteiger partial charge in [-0.15, -0.1) is 0 Å². The van der Waals surface area contributed by atoms with Crippen molar-refractivity contribution in [3.05, 3.63) is 36.7 Å². The summed E-state index contributed by atoms with van der Waals surface area (Å²) in [6.07, 6.45) is 4.65. The molecule has 0 atom stereocenters. The van der Waals surface area contributed by atoms with Crippen LogP contribution in [0.15, 0.2) is 36.7 Å². The largest absolute Gasteiger partial charge is 0.493 e. The lowest BCUT2D eigenvalue weighted by molar-refractivity contribution is 0.145.